The van der Waals surface area contributed by atoms with Crippen molar-refractivity contribution in [1.82, 2.24) is 29.7 Å². The molecule has 1 N–H and O–H groups in total. The number of aromatic amines is 1. The highest BCUT2D eigenvalue weighted by Gasteiger charge is 2.50. The van der Waals surface area contributed by atoms with Crippen LogP contribution in [0, 0.1) is 0 Å². The first kappa shape index (κ1) is 14.6. The topological polar surface area (TPSA) is 78.0 Å². The van der Waals surface area contributed by atoms with Crippen LogP contribution in [0.5, 0.6) is 0 Å². The molecule has 3 rings (SSSR count). The molecule has 7 nitrogen and oxygen atoms in total. The van der Waals surface area contributed by atoms with Gasteiger partial charge in [-0.25, -0.2) is 4.98 Å². The number of amides is 1. The first-order chi connectivity index (χ1) is 10.6. The summed E-state index contributed by atoms with van der Waals surface area (Å²) in [5.41, 5.74) is 0.954. The van der Waals surface area contributed by atoms with Crippen LogP contribution in [0.3, 0.4) is 0 Å². The van der Waals surface area contributed by atoms with Crippen molar-refractivity contribution in [2.45, 2.75) is 24.9 Å². The molecule has 1 fully saturated rings. The van der Waals surface area contributed by atoms with E-state index in [4.69, 9.17) is 0 Å². The molecule has 1 saturated heterocycles. The van der Waals surface area contributed by atoms with E-state index in [1.165, 1.54) is 0 Å². The number of nitrogens with one attached hydrogen (secondary N) is 1. The molecule has 1 amide bonds. The Labute approximate surface area is 129 Å². The van der Waals surface area contributed by atoms with E-state index in [0.717, 1.165) is 25.1 Å². The number of likely N-dealkylation sites (N-methyl/N-ethyl adjacent to an activating group) is 1. The van der Waals surface area contributed by atoms with Crippen LogP contribution in [0.2, 0.25) is 0 Å². The maximum absolute atomic E-state index is 13.0. The summed E-state index contributed by atoms with van der Waals surface area (Å²) in [4.78, 5) is 32.6. The lowest BCUT2D eigenvalue weighted by Crippen LogP contribution is -2.52. The third-order valence-electron chi connectivity index (χ3n) is 4.17. The van der Waals surface area contributed by atoms with Crippen molar-refractivity contribution in [1.29, 1.82) is 0 Å². The Kier molecular flexibility index (Phi) is 3.89. The Morgan fingerprint density at radius 2 is 2.23 bits per heavy atom. The second kappa shape index (κ2) is 5.84. The Morgan fingerprint density at radius 3 is 2.86 bits per heavy atom. The van der Waals surface area contributed by atoms with Crippen molar-refractivity contribution in [3.8, 4) is 0 Å². The average Bonchev–Trinajstić information content (AvgIpc) is 3.18. The zero-order chi connectivity index (χ0) is 15.6. The summed E-state index contributed by atoms with van der Waals surface area (Å²) in [5, 5.41) is 0. The van der Waals surface area contributed by atoms with Gasteiger partial charge in [0.25, 0.3) is 0 Å². The number of rotatable bonds is 4. The number of likely N-dealkylation sites (tertiary alicyclic amines) is 1. The number of aromatic nitrogens is 4. The van der Waals surface area contributed by atoms with Crippen molar-refractivity contribution in [2.24, 2.45) is 0 Å². The van der Waals surface area contributed by atoms with E-state index >= 15 is 0 Å². The number of carbonyl (C=O) groups is 1. The molecule has 0 spiro atoms. The molecule has 2 aromatic heterocycles. The normalized spacial score (nSPS) is 21.9. The van der Waals surface area contributed by atoms with E-state index in [1.54, 1.807) is 50.1 Å². The average molecular weight is 300 g/mol. The molecular weight excluding hydrogens is 280 g/mol. The maximum atomic E-state index is 13.0. The number of hydrogen-bond acceptors (Lipinski definition) is 5. The molecule has 0 aromatic carbocycles. The van der Waals surface area contributed by atoms with Gasteiger partial charge in [-0.3, -0.25) is 19.7 Å². The summed E-state index contributed by atoms with van der Waals surface area (Å²) in [5.74, 6) is 0.0463. The SMILES string of the molecule is CN(C)C(=O)[C@@]1(c2cnccn2)CCCN1Cc1cnc[nH]1. The second-order valence-electron chi connectivity index (χ2n) is 5.75. The van der Waals surface area contributed by atoms with E-state index < -0.39 is 5.54 Å². The predicted molar refractivity (Wildman–Crippen MR) is 80.6 cm³/mol. The standard InChI is InChI=1S/C15H20N6O/c1-20(2)14(22)15(13-9-16-5-6-18-13)4-3-7-21(15)10-12-8-17-11-19-12/h5-6,8-9,11H,3-4,7,10H2,1-2H3,(H,17,19)/t15-/m0/s1. The van der Waals surface area contributed by atoms with Crippen LogP contribution in [-0.4, -0.2) is 56.3 Å². The number of imidazole rings is 1. The van der Waals surface area contributed by atoms with Gasteiger partial charge < -0.3 is 9.88 Å². The largest absolute Gasteiger partial charge is 0.347 e. The first-order valence-corrected chi connectivity index (χ1v) is 7.35. The van der Waals surface area contributed by atoms with Crippen LogP contribution >= 0.6 is 0 Å². The number of H-pyrrole nitrogens is 1. The highest BCUT2D eigenvalue weighted by Crippen LogP contribution is 2.39. The van der Waals surface area contributed by atoms with Crippen LogP contribution in [0.4, 0.5) is 0 Å². The smallest absolute Gasteiger partial charge is 0.248 e. The van der Waals surface area contributed by atoms with Gasteiger partial charge in [0.05, 0.1) is 18.2 Å². The monoisotopic (exact) mass is 300 g/mol. The van der Waals surface area contributed by atoms with E-state index in [9.17, 15) is 4.79 Å². The molecule has 0 aliphatic carbocycles. The van der Waals surface area contributed by atoms with Gasteiger partial charge in [0.1, 0.15) is 5.54 Å². The zero-order valence-electron chi connectivity index (χ0n) is 12.9. The van der Waals surface area contributed by atoms with Crippen molar-refractivity contribution in [3.05, 3.63) is 42.5 Å². The van der Waals surface area contributed by atoms with Gasteiger partial charge in [0, 0.05) is 51.5 Å². The first-order valence-electron chi connectivity index (χ1n) is 7.35. The van der Waals surface area contributed by atoms with Gasteiger partial charge in [-0.15, -0.1) is 0 Å². The quantitative estimate of drug-likeness (QED) is 0.903. The molecule has 1 atom stereocenters. The molecule has 2 aromatic rings. The minimum absolute atomic E-state index is 0.0463. The Bertz CT molecular complexity index is 627. The van der Waals surface area contributed by atoms with Crippen LogP contribution in [0.1, 0.15) is 24.2 Å². The molecule has 7 heteroatoms. The van der Waals surface area contributed by atoms with Crippen molar-refractivity contribution in [2.75, 3.05) is 20.6 Å². The molecule has 1 aliphatic rings. The van der Waals surface area contributed by atoms with Crippen LogP contribution < -0.4 is 0 Å². The number of nitrogens with zero attached hydrogens (tertiary/aromatic N) is 5. The summed E-state index contributed by atoms with van der Waals surface area (Å²) in [6.45, 7) is 1.48. The minimum atomic E-state index is -0.747. The third kappa shape index (κ3) is 2.37. The molecule has 0 saturated carbocycles. The Morgan fingerprint density at radius 1 is 1.36 bits per heavy atom. The summed E-state index contributed by atoms with van der Waals surface area (Å²) < 4.78 is 0. The predicted octanol–water partition coefficient (Wildman–Crippen LogP) is 0.779. The fourth-order valence-corrected chi connectivity index (χ4v) is 3.19. The Hall–Kier alpha value is -2.28. The van der Waals surface area contributed by atoms with E-state index in [2.05, 4.69) is 24.8 Å². The Balaban J connectivity index is 2.02. The van der Waals surface area contributed by atoms with Crippen molar-refractivity contribution < 1.29 is 4.79 Å². The van der Waals surface area contributed by atoms with Gasteiger partial charge in [-0.1, -0.05) is 0 Å². The van der Waals surface area contributed by atoms with Crippen molar-refractivity contribution in [3.63, 3.8) is 0 Å². The van der Waals surface area contributed by atoms with Crippen LogP contribution in [0.25, 0.3) is 0 Å². The summed E-state index contributed by atoms with van der Waals surface area (Å²) in [6, 6.07) is 0. The second-order valence-corrected chi connectivity index (χ2v) is 5.75. The number of hydrogen-bond donors (Lipinski definition) is 1. The fraction of sp³-hybridized carbons (Fsp3) is 0.467. The highest BCUT2D eigenvalue weighted by molar-refractivity contribution is 5.87. The minimum Gasteiger partial charge on any atom is -0.347 e. The van der Waals surface area contributed by atoms with Gasteiger partial charge >= 0.3 is 0 Å². The lowest BCUT2D eigenvalue weighted by Gasteiger charge is -2.38. The van der Waals surface area contributed by atoms with Gasteiger partial charge in [-0.05, 0) is 12.8 Å². The third-order valence-corrected chi connectivity index (χ3v) is 4.17. The summed E-state index contributed by atoms with van der Waals surface area (Å²) >= 11 is 0. The molecular formula is C15H20N6O. The maximum Gasteiger partial charge on any atom is 0.248 e. The van der Waals surface area contributed by atoms with E-state index in [0.29, 0.717) is 12.2 Å². The van der Waals surface area contributed by atoms with E-state index in [1.807, 2.05) is 0 Å². The molecule has 0 radical (unpaired) electrons. The molecule has 0 unspecified atom stereocenters. The van der Waals surface area contributed by atoms with Crippen LogP contribution in [0.15, 0.2) is 31.1 Å². The summed E-state index contributed by atoms with van der Waals surface area (Å²) in [7, 11) is 3.57. The fourth-order valence-electron chi connectivity index (χ4n) is 3.19. The molecule has 116 valence electrons. The van der Waals surface area contributed by atoms with Crippen molar-refractivity contribution >= 4 is 5.91 Å². The van der Waals surface area contributed by atoms with Gasteiger partial charge in [0.2, 0.25) is 5.91 Å². The summed E-state index contributed by atoms with van der Waals surface area (Å²) in [6.07, 6.45) is 10.1. The highest BCUT2D eigenvalue weighted by atomic mass is 16.2. The van der Waals surface area contributed by atoms with E-state index in [-0.39, 0.29) is 5.91 Å². The van der Waals surface area contributed by atoms with Crippen LogP contribution in [-0.2, 0) is 16.9 Å². The zero-order valence-corrected chi connectivity index (χ0v) is 12.9. The lowest BCUT2D eigenvalue weighted by molar-refractivity contribution is -0.141. The molecule has 3 heterocycles. The lowest BCUT2D eigenvalue weighted by atomic mass is 9.90. The molecule has 1 aliphatic heterocycles. The molecule has 0 bridgehead atoms. The molecule has 22 heavy (non-hydrogen) atoms. The number of carbonyl (C=O) groups excluding carboxylic acids is 1. The van der Waals surface area contributed by atoms with Gasteiger partial charge in [0.15, 0.2) is 0 Å². The van der Waals surface area contributed by atoms with Gasteiger partial charge in [-0.2, -0.15) is 0 Å².